The number of hydrogen-bond acceptors (Lipinski definition) is 5. The van der Waals surface area contributed by atoms with Gasteiger partial charge in [-0.3, -0.25) is 9.89 Å². The number of halogens is 2. The van der Waals surface area contributed by atoms with Crippen LogP contribution in [0.3, 0.4) is 0 Å². The zero-order valence-electron chi connectivity index (χ0n) is 15.0. The minimum atomic E-state index is -0.528. The molecule has 0 saturated carbocycles. The number of nitrogens with zero attached hydrogens (tertiary/aromatic N) is 3. The van der Waals surface area contributed by atoms with Crippen molar-refractivity contribution in [3.63, 3.8) is 0 Å². The summed E-state index contributed by atoms with van der Waals surface area (Å²) in [5.41, 5.74) is 1.84. The number of fused-ring (bicyclic) bond motifs is 1. The second-order valence-electron chi connectivity index (χ2n) is 6.41. The maximum Gasteiger partial charge on any atom is 0.257 e. The highest BCUT2D eigenvalue weighted by atomic mass is 35.5. The van der Waals surface area contributed by atoms with Crippen LogP contribution in [0.1, 0.15) is 0 Å². The fraction of sp³-hybridized carbons (Fsp3) is 0.105. The summed E-state index contributed by atoms with van der Waals surface area (Å²) >= 11 is 6.00. The van der Waals surface area contributed by atoms with E-state index in [4.69, 9.17) is 11.6 Å². The molecule has 0 spiro atoms. The Hall–Kier alpha value is -3.39. The van der Waals surface area contributed by atoms with Gasteiger partial charge in [-0.1, -0.05) is 11.6 Å². The Kier molecular flexibility index (Phi) is 4.48. The van der Waals surface area contributed by atoms with Gasteiger partial charge in [0.15, 0.2) is 5.65 Å². The van der Waals surface area contributed by atoms with Gasteiger partial charge in [0.1, 0.15) is 11.6 Å². The standard InChI is InChI=1S/C19H16ClFN6O/c1-27(2)18-16(24-15-5-6-22-17-13(15)9-23-26-17)8-12(19(28)25-18)11-7-10(20)3-4-14(11)21/h3-9H,1-2H3,(H,25,28)(H2,22,23,24,26). The van der Waals surface area contributed by atoms with Crippen LogP contribution in [0.5, 0.6) is 0 Å². The average molecular weight is 399 g/mol. The smallest absolute Gasteiger partial charge is 0.257 e. The molecule has 0 bridgehead atoms. The van der Waals surface area contributed by atoms with Gasteiger partial charge >= 0.3 is 0 Å². The molecule has 0 unspecified atom stereocenters. The molecule has 4 rings (SSSR count). The van der Waals surface area contributed by atoms with Crippen molar-refractivity contribution >= 4 is 39.8 Å². The van der Waals surface area contributed by atoms with E-state index in [0.717, 1.165) is 11.1 Å². The van der Waals surface area contributed by atoms with Crippen LogP contribution in [0.25, 0.3) is 22.2 Å². The van der Waals surface area contributed by atoms with Crippen LogP contribution in [0.4, 0.5) is 21.6 Å². The molecule has 4 aromatic rings. The minimum absolute atomic E-state index is 0.130. The van der Waals surface area contributed by atoms with E-state index in [0.29, 0.717) is 22.2 Å². The predicted octanol–water partition coefficient (Wildman–Crippen LogP) is 3.92. The van der Waals surface area contributed by atoms with Gasteiger partial charge in [-0.25, -0.2) is 9.37 Å². The third kappa shape index (κ3) is 3.18. The molecule has 0 aliphatic carbocycles. The lowest BCUT2D eigenvalue weighted by Gasteiger charge is -2.19. The molecule has 1 aromatic carbocycles. The van der Waals surface area contributed by atoms with E-state index in [2.05, 4.69) is 25.5 Å². The molecular weight excluding hydrogens is 383 g/mol. The van der Waals surface area contributed by atoms with E-state index in [-0.39, 0.29) is 11.1 Å². The van der Waals surface area contributed by atoms with E-state index < -0.39 is 11.4 Å². The lowest BCUT2D eigenvalue weighted by molar-refractivity contribution is 0.631. The molecule has 3 aromatic heterocycles. The topological polar surface area (TPSA) is 89.7 Å². The van der Waals surface area contributed by atoms with Crippen molar-refractivity contribution in [1.82, 2.24) is 20.2 Å². The quantitative estimate of drug-likeness (QED) is 0.485. The first-order valence-corrected chi connectivity index (χ1v) is 8.77. The van der Waals surface area contributed by atoms with E-state index >= 15 is 0 Å². The van der Waals surface area contributed by atoms with Crippen molar-refractivity contribution in [1.29, 1.82) is 0 Å². The zero-order valence-corrected chi connectivity index (χ0v) is 15.8. The molecule has 9 heteroatoms. The van der Waals surface area contributed by atoms with Gasteiger partial charge in [-0.2, -0.15) is 5.10 Å². The molecule has 0 aliphatic rings. The minimum Gasteiger partial charge on any atom is -0.362 e. The first-order valence-electron chi connectivity index (χ1n) is 8.39. The van der Waals surface area contributed by atoms with Gasteiger partial charge in [0.2, 0.25) is 0 Å². The number of anilines is 3. The Bertz CT molecular complexity index is 1230. The summed E-state index contributed by atoms with van der Waals surface area (Å²) in [6, 6.07) is 7.51. The first-order chi connectivity index (χ1) is 13.4. The van der Waals surface area contributed by atoms with Crippen molar-refractivity contribution in [3.05, 3.63) is 63.9 Å². The number of hydrogen-bond donors (Lipinski definition) is 3. The van der Waals surface area contributed by atoms with Crippen molar-refractivity contribution in [3.8, 4) is 11.1 Å². The Morgan fingerprint density at radius 2 is 1.96 bits per heavy atom. The van der Waals surface area contributed by atoms with Crippen LogP contribution in [0, 0.1) is 5.82 Å². The number of benzene rings is 1. The SMILES string of the molecule is CN(C)c1[nH]c(=O)c(-c2cc(Cl)ccc2F)cc1Nc1ccnc2[nH]ncc12. The third-order valence-corrected chi connectivity index (χ3v) is 4.54. The zero-order chi connectivity index (χ0) is 19.8. The van der Waals surface area contributed by atoms with E-state index in [1.165, 1.54) is 18.2 Å². The molecule has 0 radical (unpaired) electrons. The van der Waals surface area contributed by atoms with Crippen LogP contribution < -0.4 is 15.8 Å². The Morgan fingerprint density at radius 3 is 2.75 bits per heavy atom. The van der Waals surface area contributed by atoms with E-state index in [1.54, 1.807) is 43.5 Å². The van der Waals surface area contributed by atoms with Crippen LogP contribution in [-0.2, 0) is 0 Å². The van der Waals surface area contributed by atoms with Crippen molar-refractivity contribution in [2.24, 2.45) is 0 Å². The van der Waals surface area contributed by atoms with Gasteiger partial charge in [-0.05, 0) is 30.3 Å². The van der Waals surface area contributed by atoms with Gasteiger partial charge in [0, 0.05) is 30.9 Å². The number of H-pyrrole nitrogens is 2. The molecule has 7 nitrogen and oxygen atoms in total. The first kappa shape index (κ1) is 18.0. The molecule has 0 fully saturated rings. The lowest BCUT2D eigenvalue weighted by atomic mass is 10.1. The summed E-state index contributed by atoms with van der Waals surface area (Å²) in [4.78, 5) is 21.4. The van der Waals surface area contributed by atoms with Crippen LogP contribution in [0.15, 0.2) is 47.5 Å². The van der Waals surface area contributed by atoms with E-state index in [9.17, 15) is 9.18 Å². The van der Waals surface area contributed by atoms with Crippen molar-refractivity contribution in [2.45, 2.75) is 0 Å². The second kappa shape index (κ2) is 6.97. The number of pyridine rings is 2. The highest BCUT2D eigenvalue weighted by molar-refractivity contribution is 6.30. The maximum atomic E-state index is 14.4. The van der Waals surface area contributed by atoms with Crippen molar-refractivity contribution in [2.75, 3.05) is 24.3 Å². The van der Waals surface area contributed by atoms with Gasteiger partial charge in [0.05, 0.1) is 28.5 Å². The van der Waals surface area contributed by atoms with Crippen molar-refractivity contribution < 1.29 is 4.39 Å². The fourth-order valence-corrected chi connectivity index (χ4v) is 3.15. The average Bonchev–Trinajstić information content (AvgIpc) is 3.14. The molecule has 28 heavy (non-hydrogen) atoms. The monoisotopic (exact) mass is 398 g/mol. The molecule has 0 amide bonds. The number of aromatic nitrogens is 4. The number of nitrogens with one attached hydrogen (secondary N) is 3. The lowest BCUT2D eigenvalue weighted by Crippen LogP contribution is -2.20. The normalized spacial score (nSPS) is 11.0. The maximum absolute atomic E-state index is 14.4. The fourth-order valence-electron chi connectivity index (χ4n) is 2.98. The van der Waals surface area contributed by atoms with Gasteiger partial charge in [-0.15, -0.1) is 0 Å². The highest BCUT2D eigenvalue weighted by Gasteiger charge is 2.16. The molecule has 142 valence electrons. The molecule has 0 atom stereocenters. The Balaban J connectivity index is 1.89. The number of aromatic amines is 2. The molecule has 3 N–H and O–H groups in total. The molecule has 0 saturated heterocycles. The molecular formula is C19H16ClFN6O. The largest absolute Gasteiger partial charge is 0.362 e. The summed E-state index contributed by atoms with van der Waals surface area (Å²) in [5.74, 6) is 0.0178. The highest BCUT2D eigenvalue weighted by Crippen LogP contribution is 2.32. The van der Waals surface area contributed by atoms with E-state index in [1.807, 2.05) is 0 Å². The Morgan fingerprint density at radius 1 is 1.14 bits per heavy atom. The molecule has 3 heterocycles. The van der Waals surface area contributed by atoms with Crippen LogP contribution >= 0.6 is 11.6 Å². The number of rotatable bonds is 4. The van der Waals surface area contributed by atoms with Crippen LogP contribution in [-0.4, -0.2) is 34.3 Å². The Labute approximate surface area is 164 Å². The summed E-state index contributed by atoms with van der Waals surface area (Å²) in [6.45, 7) is 0. The summed E-state index contributed by atoms with van der Waals surface area (Å²) in [6.07, 6.45) is 3.30. The summed E-state index contributed by atoms with van der Waals surface area (Å²) in [7, 11) is 3.60. The third-order valence-electron chi connectivity index (χ3n) is 4.31. The van der Waals surface area contributed by atoms with Gasteiger partial charge < -0.3 is 15.2 Å². The second-order valence-corrected chi connectivity index (χ2v) is 6.85. The van der Waals surface area contributed by atoms with Gasteiger partial charge in [0.25, 0.3) is 5.56 Å². The van der Waals surface area contributed by atoms with Crippen LogP contribution in [0.2, 0.25) is 5.02 Å². The predicted molar refractivity (Wildman–Crippen MR) is 109 cm³/mol. The summed E-state index contributed by atoms with van der Waals surface area (Å²) in [5, 5.41) is 11.2. The summed E-state index contributed by atoms with van der Waals surface area (Å²) < 4.78 is 14.4. The molecule has 0 aliphatic heterocycles.